The number of benzene rings is 1. The number of nitrogens with one attached hydrogen (secondary N) is 3. The van der Waals surface area contributed by atoms with Crippen molar-refractivity contribution < 1.29 is 14.3 Å². The maximum Gasteiger partial charge on any atom is 0.258 e. The minimum Gasteiger partial charge on any atom is -0.490 e. The largest absolute Gasteiger partial charge is 0.490 e. The highest BCUT2D eigenvalue weighted by Gasteiger charge is 2.15. The fraction of sp³-hybridized carbons (Fsp3) is 0.632. The van der Waals surface area contributed by atoms with Gasteiger partial charge < -0.3 is 25.4 Å². The quantitative estimate of drug-likeness (QED) is 0.477. The summed E-state index contributed by atoms with van der Waals surface area (Å²) in [5.74, 6) is 1.11. The second-order valence-corrected chi connectivity index (χ2v) is 6.93. The van der Waals surface area contributed by atoms with Crippen LogP contribution in [-0.2, 0) is 11.3 Å². The first-order valence-electron chi connectivity index (χ1n) is 8.90. The topological polar surface area (TPSA) is 71.6 Å². The summed E-state index contributed by atoms with van der Waals surface area (Å²) in [5.41, 5.74) is 0.853. The van der Waals surface area contributed by atoms with Crippen LogP contribution in [0.3, 0.4) is 0 Å². The van der Waals surface area contributed by atoms with E-state index in [-0.39, 0.29) is 42.9 Å². The van der Waals surface area contributed by atoms with E-state index in [0.717, 1.165) is 31.6 Å². The first-order chi connectivity index (χ1) is 11.9. The molecule has 0 aliphatic rings. The SMILES string of the molecule is CCOc1cc(CNCCCNC)ccc1OCC(=O)NC(C)(C)C.Cl.Cl. The molecule has 0 saturated heterocycles. The summed E-state index contributed by atoms with van der Waals surface area (Å²) in [7, 11) is 1.95. The summed E-state index contributed by atoms with van der Waals surface area (Å²) in [4.78, 5) is 11.9. The van der Waals surface area contributed by atoms with E-state index in [1.165, 1.54) is 0 Å². The third kappa shape index (κ3) is 12.7. The highest BCUT2D eigenvalue weighted by atomic mass is 35.5. The van der Waals surface area contributed by atoms with Gasteiger partial charge in [-0.05, 0) is 71.9 Å². The number of carbonyl (C=O) groups excluding carboxylic acids is 1. The van der Waals surface area contributed by atoms with Gasteiger partial charge in [0.15, 0.2) is 18.1 Å². The molecule has 0 saturated carbocycles. The second-order valence-electron chi connectivity index (χ2n) is 6.93. The molecule has 6 nitrogen and oxygen atoms in total. The predicted octanol–water partition coefficient (Wildman–Crippen LogP) is 2.92. The number of hydrogen-bond acceptors (Lipinski definition) is 5. The van der Waals surface area contributed by atoms with Gasteiger partial charge >= 0.3 is 0 Å². The van der Waals surface area contributed by atoms with Crippen LogP contribution in [0.5, 0.6) is 11.5 Å². The molecule has 0 bridgehead atoms. The van der Waals surface area contributed by atoms with Gasteiger partial charge in [0.2, 0.25) is 0 Å². The van der Waals surface area contributed by atoms with Crippen LogP contribution < -0.4 is 25.4 Å². The molecule has 0 radical (unpaired) electrons. The lowest BCUT2D eigenvalue weighted by atomic mass is 10.1. The van der Waals surface area contributed by atoms with Crippen LogP contribution >= 0.6 is 24.8 Å². The Labute approximate surface area is 176 Å². The number of ether oxygens (including phenoxy) is 2. The highest BCUT2D eigenvalue weighted by Crippen LogP contribution is 2.28. The van der Waals surface area contributed by atoms with Gasteiger partial charge in [-0.1, -0.05) is 6.07 Å². The van der Waals surface area contributed by atoms with Crippen molar-refractivity contribution in [1.29, 1.82) is 0 Å². The Morgan fingerprint density at radius 2 is 1.78 bits per heavy atom. The number of rotatable bonds is 11. The molecule has 0 aromatic heterocycles. The zero-order valence-corrected chi connectivity index (χ0v) is 18.6. The Balaban J connectivity index is 0. The minimum atomic E-state index is -0.272. The fourth-order valence-corrected chi connectivity index (χ4v) is 2.27. The number of amides is 1. The van der Waals surface area contributed by atoms with E-state index < -0.39 is 0 Å². The second kappa shape index (κ2) is 14.8. The molecule has 1 aromatic carbocycles. The zero-order chi connectivity index (χ0) is 18.7. The maximum atomic E-state index is 11.9. The van der Waals surface area contributed by atoms with Crippen molar-refractivity contribution in [2.24, 2.45) is 0 Å². The van der Waals surface area contributed by atoms with E-state index in [2.05, 4.69) is 16.0 Å². The van der Waals surface area contributed by atoms with Crippen LogP contribution in [0.4, 0.5) is 0 Å². The molecule has 1 amide bonds. The Kier molecular flexibility index (Phi) is 15.3. The van der Waals surface area contributed by atoms with Crippen molar-refractivity contribution in [3.63, 3.8) is 0 Å². The van der Waals surface area contributed by atoms with Crippen molar-refractivity contribution >= 4 is 30.7 Å². The molecule has 0 fully saturated rings. The normalized spacial score (nSPS) is 10.4. The number of halogens is 2. The molecule has 0 atom stereocenters. The Hall–Kier alpha value is -1.21. The van der Waals surface area contributed by atoms with Gasteiger partial charge in [-0.15, -0.1) is 24.8 Å². The van der Waals surface area contributed by atoms with E-state index in [4.69, 9.17) is 9.47 Å². The molecule has 0 aliphatic carbocycles. The molecular formula is C19H35Cl2N3O3. The molecule has 0 unspecified atom stereocenters. The fourth-order valence-electron chi connectivity index (χ4n) is 2.27. The van der Waals surface area contributed by atoms with Crippen LogP contribution in [0, 0.1) is 0 Å². The first-order valence-corrected chi connectivity index (χ1v) is 8.90. The summed E-state index contributed by atoms with van der Waals surface area (Å²) < 4.78 is 11.3. The third-order valence-electron chi connectivity index (χ3n) is 3.29. The highest BCUT2D eigenvalue weighted by molar-refractivity contribution is 5.85. The molecule has 0 spiro atoms. The van der Waals surface area contributed by atoms with E-state index in [1.54, 1.807) is 0 Å². The van der Waals surface area contributed by atoms with E-state index in [1.807, 2.05) is 52.9 Å². The molecular weight excluding hydrogens is 389 g/mol. The standard InChI is InChI=1S/C19H33N3O3.2ClH/c1-6-24-17-12-15(13-21-11-7-10-20-5)8-9-16(17)25-14-18(23)22-19(2,3)4;;/h8-9,12,20-21H,6-7,10-11,13-14H2,1-5H3,(H,22,23);2*1H. The molecule has 1 aromatic rings. The molecule has 158 valence electrons. The molecule has 0 aliphatic heterocycles. The van der Waals surface area contributed by atoms with E-state index >= 15 is 0 Å². The van der Waals surface area contributed by atoms with Gasteiger partial charge in [0.05, 0.1) is 6.61 Å². The van der Waals surface area contributed by atoms with Crippen LogP contribution in [0.15, 0.2) is 18.2 Å². The lowest BCUT2D eigenvalue weighted by Gasteiger charge is -2.21. The zero-order valence-electron chi connectivity index (χ0n) is 17.0. The smallest absolute Gasteiger partial charge is 0.258 e. The molecule has 1 rings (SSSR count). The minimum absolute atomic E-state index is 0. The maximum absolute atomic E-state index is 11.9. The Morgan fingerprint density at radius 3 is 2.37 bits per heavy atom. The lowest BCUT2D eigenvalue weighted by molar-refractivity contribution is -0.124. The number of carbonyl (C=O) groups is 1. The summed E-state index contributed by atoms with van der Waals surface area (Å²) in [6.45, 7) is 11.0. The van der Waals surface area contributed by atoms with Crippen LogP contribution in [0.2, 0.25) is 0 Å². The van der Waals surface area contributed by atoms with Crippen LogP contribution in [0.25, 0.3) is 0 Å². The van der Waals surface area contributed by atoms with E-state index in [9.17, 15) is 4.79 Å². The summed E-state index contributed by atoms with van der Waals surface area (Å²) in [6.07, 6.45) is 1.08. The van der Waals surface area contributed by atoms with Gasteiger partial charge in [-0.3, -0.25) is 4.79 Å². The van der Waals surface area contributed by atoms with Gasteiger partial charge in [0.25, 0.3) is 5.91 Å². The van der Waals surface area contributed by atoms with Crippen molar-refractivity contribution in [1.82, 2.24) is 16.0 Å². The molecule has 8 heteroatoms. The lowest BCUT2D eigenvalue weighted by Crippen LogP contribution is -2.43. The van der Waals surface area contributed by atoms with Gasteiger partial charge in [0.1, 0.15) is 0 Å². The molecule has 3 N–H and O–H groups in total. The van der Waals surface area contributed by atoms with Gasteiger partial charge in [-0.2, -0.15) is 0 Å². The van der Waals surface area contributed by atoms with Crippen molar-refractivity contribution in [2.75, 3.05) is 33.4 Å². The predicted molar refractivity (Wildman–Crippen MR) is 116 cm³/mol. The summed E-state index contributed by atoms with van der Waals surface area (Å²) in [6, 6.07) is 5.82. The molecule has 0 heterocycles. The first kappa shape index (κ1) is 28.0. The van der Waals surface area contributed by atoms with Crippen molar-refractivity contribution in [2.45, 2.75) is 46.2 Å². The third-order valence-corrected chi connectivity index (χ3v) is 3.29. The Morgan fingerprint density at radius 1 is 1.07 bits per heavy atom. The average molecular weight is 424 g/mol. The Bertz CT molecular complexity index is 537. The van der Waals surface area contributed by atoms with E-state index in [0.29, 0.717) is 18.1 Å². The molecule has 27 heavy (non-hydrogen) atoms. The van der Waals surface area contributed by atoms with Crippen molar-refractivity contribution in [3.8, 4) is 11.5 Å². The number of hydrogen-bond donors (Lipinski definition) is 3. The monoisotopic (exact) mass is 423 g/mol. The van der Waals surface area contributed by atoms with Crippen molar-refractivity contribution in [3.05, 3.63) is 23.8 Å². The average Bonchev–Trinajstić information content (AvgIpc) is 2.52. The van der Waals surface area contributed by atoms with Gasteiger partial charge in [-0.25, -0.2) is 0 Å². The summed E-state index contributed by atoms with van der Waals surface area (Å²) in [5, 5.41) is 9.41. The van der Waals surface area contributed by atoms with Gasteiger partial charge in [0, 0.05) is 12.1 Å². The summed E-state index contributed by atoms with van der Waals surface area (Å²) >= 11 is 0. The van der Waals surface area contributed by atoms with Crippen LogP contribution in [-0.4, -0.2) is 44.8 Å². The van der Waals surface area contributed by atoms with Crippen LogP contribution in [0.1, 0.15) is 39.7 Å².